The zero-order chi connectivity index (χ0) is 37.5. The molecule has 1 unspecified atom stereocenters. The molecular formula is C51H32N4S2. The summed E-state index contributed by atoms with van der Waals surface area (Å²) >= 11 is 3.70. The standard InChI is InChI=1S/C51H32N4S2/c1-3-13-31(14-4-1)49-52-50(32-15-5-2-6-16-32)54-51(53-49)38-20-12-24-46-48(38)47-35(19-11-23-45(47)57-46)33-25-27-43-39(29-33)40-30-34(26-28-44(40)56-43)55-41-21-9-7-17-36(41)37-18-8-10-22-42(37)55/h1-30,49H,(H,52,53,54). The van der Waals surface area contributed by atoms with Crippen molar-refractivity contribution >= 4 is 96.5 Å². The first-order chi connectivity index (χ1) is 28.2. The fourth-order valence-electron chi connectivity index (χ4n) is 8.69. The summed E-state index contributed by atoms with van der Waals surface area (Å²) < 4.78 is 7.48. The zero-order valence-electron chi connectivity index (χ0n) is 30.6. The molecule has 0 bridgehead atoms. The van der Waals surface area contributed by atoms with Gasteiger partial charge in [0.15, 0.2) is 5.84 Å². The zero-order valence-corrected chi connectivity index (χ0v) is 32.2. The smallest absolute Gasteiger partial charge is 0.159 e. The second-order valence-corrected chi connectivity index (χ2v) is 16.7. The molecule has 0 spiro atoms. The molecule has 0 saturated heterocycles. The van der Waals surface area contributed by atoms with Crippen molar-refractivity contribution in [3.63, 3.8) is 0 Å². The Kier molecular flexibility index (Phi) is 7.30. The Hall–Kier alpha value is -6.86. The van der Waals surface area contributed by atoms with Crippen LogP contribution in [-0.4, -0.2) is 16.2 Å². The van der Waals surface area contributed by atoms with Crippen molar-refractivity contribution < 1.29 is 0 Å². The number of amidine groups is 2. The minimum Gasteiger partial charge on any atom is -0.344 e. The van der Waals surface area contributed by atoms with Crippen LogP contribution in [0.4, 0.5) is 0 Å². The first-order valence-corrected chi connectivity index (χ1v) is 20.8. The summed E-state index contributed by atoms with van der Waals surface area (Å²) in [6, 6.07) is 65.5. The topological polar surface area (TPSA) is 41.7 Å². The van der Waals surface area contributed by atoms with Gasteiger partial charge in [0.2, 0.25) is 0 Å². The van der Waals surface area contributed by atoms with Gasteiger partial charge in [-0.15, -0.1) is 22.7 Å². The van der Waals surface area contributed by atoms with Crippen LogP contribution in [0.25, 0.3) is 79.0 Å². The highest BCUT2D eigenvalue weighted by molar-refractivity contribution is 7.26. The highest BCUT2D eigenvalue weighted by Gasteiger charge is 2.24. The molecule has 0 saturated carbocycles. The summed E-state index contributed by atoms with van der Waals surface area (Å²) in [5, 5.41) is 11.3. The number of thiophene rings is 2. The van der Waals surface area contributed by atoms with Gasteiger partial charge in [0.25, 0.3) is 0 Å². The first-order valence-electron chi connectivity index (χ1n) is 19.2. The Labute approximate surface area is 336 Å². The minimum absolute atomic E-state index is 0.268. The molecule has 11 aromatic rings. The molecule has 268 valence electrons. The Bertz CT molecular complexity index is 3390. The number of nitrogens with one attached hydrogen (secondary N) is 1. The number of hydrogen-bond donors (Lipinski definition) is 1. The van der Waals surface area contributed by atoms with Gasteiger partial charge in [-0.2, -0.15) is 0 Å². The van der Waals surface area contributed by atoms with Gasteiger partial charge in [0.1, 0.15) is 12.0 Å². The normalized spacial score (nSPS) is 14.5. The van der Waals surface area contributed by atoms with Crippen molar-refractivity contribution in [1.29, 1.82) is 0 Å². The van der Waals surface area contributed by atoms with Crippen LogP contribution in [0.5, 0.6) is 0 Å². The third-order valence-corrected chi connectivity index (χ3v) is 13.5. The van der Waals surface area contributed by atoms with Crippen molar-refractivity contribution in [2.75, 3.05) is 0 Å². The Morgan fingerprint density at radius 3 is 1.79 bits per heavy atom. The number of nitrogens with zero attached hydrogens (tertiary/aromatic N) is 3. The molecule has 4 nitrogen and oxygen atoms in total. The fraction of sp³-hybridized carbons (Fsp3) is 0.0196. The molecule has 3 aromatic heterocycles. The van der Waals surface area contributed by atoms with Crippen LogP contribution < -0.4 is 5.32 Å². The van der Waals surface area contributed by atoms with E-state index in [2.05, 4.69) is 168 Å². The van der Waals surface area contributed by atoms with Crippen molar-refractivity contribution in [3.05, 3.63) is 199 Å². The van der Waals surface area contributed by atoms with Gasteiger partial charge in [0, 0.05) is 67.9 Å². The molecule has 0 aliphatic carbocycles. The van der Waals surface area contributed by atoms with Crippen LogP contribution >= 0.6 is 22.7 Å². The summed E-state index contributed by atoms with van der Waals surface area (Å²) in [6.07, 6.45) is -0.268. The average Bonchev–Trinajstić information content (AvgIpc) is 3.96. The van der Waals surface area contributed by atoms with Gasteiger partial charge in [0.05, 0.1) is 11.0 Å². The van der Waals surface area contributed by atoms with E-state index in [0.29, 0.717) is 0 Å². The van der Waals surface area contributed by atoms with Crippen LogP contribution in [0.15, 0.2) is 192 Å². The molecule has 1 aliphatic heterocycles. The fourth-order valence-corrected chi connectivity index (χ4v) is 10.9. The SMILES string of the molecule is c1ccc(C2=NC(c3ccccc3)NC(c3cccc4sc5cccc(-c6ccc7sc8ccc(-n9c%10ccccc%10c%10ccccc%109)cc8c7c6)c5c34)=N2)cc1. The van der Waals surface area contributed by atoms with Crippen LogP contribution in [-0.2, 0) is 0 Å². The van der Waals surface area contributed by atoms with E-state index in [1.54, 1.807) is 0 Å². The van der Waals surface area contributed by atoms with Gasteiger partial charge in [-0.25, -0.2) is 9.98 Å². The number of aromatic nitrogens is 1. The van der Waals surface area contributed by atoms with Crippen molar-refractivity contribution in [3.8, 4) is 16.8 Å². The highest BCUT2D eigenvalue weighted by atomic mass is 32.1. The molecule has 4 heterocycles. The Balaban J connectivity index is 1.04. The third-order valence-electron chi connectivity index (χ3n) is 11.3. The van der Waals surface area contributed by atoms with Gasteiger partial charge in [-0.05, 0) is 71.3 Å². The summed E-state index contributed by atoms with van der Waals surface area (Å²) in [6.45, 7) is 0. The lowest BCUT2D eigenvalue weighted by Crippen LogP contribution is -2.33. The number of hydrogen-bond acceptors (Lipinski definition) is 5. The van der Waals surface area contributed by atoms with E-state index in [0.717, 1.165) is 28.4 Å². The van der Waals surface area contributed by atoms with Gasteiger partial charge < -0.3 is 9.88 Å². The van der Waals surface area contributed by atoms with Crippen LogP contribution in [0.3, 0.4) is 0 Å². The molecule has 12 rings (SSSR count). The number of para-hydroxylation sites is 2. The maximum Gasteiger partial charge on any atom is 0.159 e. The molecule has 0 amide bonds. The molecule has 1 aliphatic rings. The second-order valence-electron chi connectivity index (χ2n) is 14.6. The lowest BCUT2D eigenvalue weighted by Gasteiger charge is -2.24. The number of aliphatic imine (C=N–C) groups is 2. The summed E-state index contributed by atoms with van der Waals surface area (Å²) in [4.78, 5) is 10.3. The quantitative estimate of drug-likeness (QED) is 0.186. The minimum atomic E-state index is -0.268. The highest BCUT2D eigenvalue weighted by Crippen LogP contribution is 2.44. The molecule has 6 heteroatoms. The molecule has 57 heavy (non-hydrogen) atoms. The van der Waals surface area contributed by atoms with Gasteiger partial charge in [-0.3, -0.25) is 0 Å². The maximum atomic E-state index is 5.23. The Morgan fingerprint density at radius 1 is 0.456 bits per heavy atom. The summed E-state index contributed by atoms with van der Waals surface area (Å²) in [5.74, 6) is 1.56. The van der Waals surface area contributed by atoms with Crippen molar-refractivity contribution in [2.45, 2.75) is 6.17 Å². The molecular weight excluding hydrogens is 733 g/mol. The van der Waals surface area contributed by atoms with Crippen LogP contribution in [0.2, 0.25) is 0 Å². The summed E-state index contributed by atoms with van der Waals surface area (Å²) in [7, 11) is 0. The lowest BCUT2D eigenvalue weighted by atomic mass is 9.95. The number of benzene rings is 8. The van der Waals surface area contributed by atoms with E-state index < -0.39 is 0 Å². The molecule has 1 N–H and O–H groups in total. The lowest BCUT2D eigenvalue weighted by molar-refractivity contribution is 0.674. The third kappa shape index (κ3) is 5.18. The molecule has 1 atom stereocenters. The average molecular weight is 765 g/mol. The van der Waals surface area contributed by atoms with Gasteiger partial charge in [-0.1, -0.05) is 127 Å². The van der Waals surface area contributed by atoms with E-state index in [9.17, 15) is 0 Å². The van der Waals surface area contributed by atoms with Crippen LogP contribution in [0.1, 0.15) is 22.9 Å². The van der Waals surface area contributed by atoms with Crippen molar-refractivity contribution in [2.24, 2.45) is 9.98 Å². The van der Waals surface area contributed by atoms with E-state index in [4.69, 9.17) is 9.98 Å². The summed E-state index contributed by atoms with van der Waals surface area (Å²) in [5.41, 5.74) is 9.22. The van der Waals surface area contributed by atoms with Gasteiger partial charge >= 0.3 is 0 Å². The predicted octanol–water partition coefficient (Wildman–Crippen LogP) is 13.7. The number of rotatable bonds is 5. The largest absolute Gasteiger partial charge is 0.344 e. The van der Waals surface area contributed by atoms with E-state index in [-0.39, 0.29) is 6.17 Å². The van der Waals surface area contributed by atoms with Crippen molar-refractivity contribution in [1.82, 2.24) is 9.88 Å². The molecule has 8 aromatic carbocycles. The van der Waals surface area contributed by atoms with E-state index in [1.807, 2.05) is 46.9 Å². The molecule has 0 radical (unpaired) electrons. The predicted molar refractivity (Wildman–Crippen MR) is 244 cm³/mol. The van der Waals surface area contributed by atoms with E-state index >= 15 is 0 Å². The monoisotopic (exact) mass is 764 g/mol. The number of fused-ring (bicyclic) bond motifs is 9. The first kappa shape index (κ1) is 32.4. The maximum absolute atomic E-state index is 5.23. The van der Waals surface area contributed by atoms with Crippen LogP contribution in [0, 0.1) is 0 Å². The Morgan fingerprint density at radius 2 is 1.05 bits per heavy atom. The molecule has 0 fully saturated rings. The second kappa shape index (κ2) is 12.8. The van der Waals surface area contributed by atoms with E-state index in [1.165, 1.54) is 79.0 Å².